The van der Waals surface area contributed by atoms with Crippen molar-refractivity contribution in [3.63, 3.8) is 0 Å². The summed E-state index contributed by atoms with van der Waals surface area (Å²) in [6, 6.07) is 18.5. The van der Waals surface area contributed by atoms with E-state index in [2.05, 4.69) is 13.0 Å². The average molecular weight is 557 g/mol. The molecule has 1 aliphatic heterocycles. The SMILES string of the molecule is CCCCCCOc1ccc(C2C(C#N)=C(N)Oc3cc(OC(=O)COc4cccc(C)c4C)ccc32)cc1OC. The van der Waals surface area contributed by atoms with Gasteiger partial charge in [-0.1, -0.05) is 50.5 Å². The molecule has 0 fully saturated rings. The van der Waals surface area contributed by atoms with Crippen molar-refractivity contribution in [1.29, 1.82) is 5.26 Å². The van der Waals surface area contributed by atoms with Crippen molar-refractivity contribution in [2.24, 2.45) is 5.73 Å². The zero-order chi connectivity index (χ0) is 29.4. The number of nitrogens with two attached hydrogens (primary N) is 1. The molecule has 1 atom stereocenters. The van der Waals surface area contributed by atoms with Crippen LogP contribution in [0.15, 0.2) is 66.1 Å². The van der Waals surface area contributed by atoms with Gasteiger partial charge in [-0.05, 0) is 61.2 Å². The number of hydrogen-bond donors (Lipinski definition) is 1. The molecule has 3 aromatic carbocycles. The van der Waals surface area contributed by atoms with E-state index in [-0.39, 0.29) is 23.8 Å². The maximum Gasteiger partial charge on any atom is 0.349 e. The molecule has 4 rings (SSSR count). The first-order valence-electron chi connectivity index (χ1n) is 13.8. The Balaban J connectivity index is 1.52. The molecule has 41 heavy (non-hydrogen) atoms. The molecule has 0 radical (unpaired) electrons. The molecule has 0 saturated carbocycles. The molecule has 0 aliphatic carbocycles. The molecule has 2 N–H and O–H groups in total. The number of benzene rings is 3. The predicted molar refractivity (Wildman–Crippen MR) is 155 cm³/mol. The van der Waals surface area contributed by atoms with Gasteiger partial charge in [0.2, 0.25) is 5.88 Å². The van der Waals surface area contributed by atoms with Gasteiger partial charge in [-0.25, -0.2) is 4.79 Å². The van der Waals surface area contributed by atoms with Crippen LogP contribution in [0.2, 0.25) is 0 Å². The van der Waals surface area contributed by atoms with Gasteiger partial charge in [0.1, 0.15) is 28.9 Å². The highest BCUT2D eigenvalue weighted by molar-refractivity contribution is 5.74. The Bertz CT molecular complexity index is 1470. The highest BCUT2D eigenvalue weighted by atomic mass is 16.6. The number of methoxy groups -OCH3 is 1. The Labute approximate surface area is 241 Å². The van der Waals surface area contributed by atoms with Crippen molar-refractivity contribution >= 4 is 5.97 Å². The molecule has 1 heterocycles. The Morgan fingerprint density at radius 1 is 1.00 bits per heavy atom. The number of esters is 1. The third-order valence-electron chi connectivity index (χ3n) is 7.10. The van der Waals surface area contributed by atoms with Crippen LogP contribution < -0.4 is 29.4 Å². The van der Waals surface area contributed by atoms with Gasteiger partial charge >= 0.3 is 5.97 Å². The molecule has 8 nitrogen and oxygen atoms in total. The summed E-state index contributed by atoms with van der Waals surface area (Å²) in [5, 5.41) is 9.94. The predicted octanol–water partition coefficient (Wildman–Crippen LogP) is 6.47. The highest BCUT2D eigenvalue weighted by Crippen LogP contribution is 2.45. The van der Waals surface area contributed by atoms with Crippen molar-refractivity contribution < 1.29 is 28.5 Å². The summed E-state index contributed by atoms with van der Waals surface area (Å²) in [5.41, 5.74) is 9.99. The van der Waals surface area contributed by atoms with E-state index in [4.69, 9.17) is 29.4 Å². The van der Waals surface area contributed by atoms with E-state index in [0.29, 0.717) is 35.2 Å². The summed E-state index contributed by atoms with van der Waals surface area (Å²) < 4.78 is 28.5. The topological polar surface area (TPSA) is 113 Å². The van der Waals surface area contributed by atoms with Crippen molar-refractivity contribution in [2.75, 3.05) is 20.3 Å². The second-order valence-corrected chi connectivity index (χ2v) is 9.90. The second kappa shape index (κ2) is 13.6. The summed E-state index contributed by atoms with van der Waals surface area (Å²) in [5.74, 6) is 1.42. The number of nitrogens with zero attached hydrogens (tertiary/aromatic N) is 1. The third-order valence-corrected chi connectivity index (χ3v) is 7.10. The minimum absolute atomic E-state index is 0.0121. The van der Waals surface area contributed by atoms with Crippen LogP contribution in [-0.2, 0) is 4.79 Å². The molecule has 0 aromatic heterocycles. The first-order valence-corrected chi connectivity index (χ1v) is 13.8. The lowest BCUT2D eigenvalue weighted by Gasteiger charge is -2.27. The number of unbranched alkanes of at least 4 members (excludes halogenated alkanes) is 3. The lowest BCUT2D eigenvalue weighted by Crippen LogP contribution is -2.22. The van der Waals surface area contributed by atoms with Gasteiger partial charge in [0.15, 0.2) is 18.1 Å². The first kappa shape index (κ1) is 29.3. The first-order chi connectivity index (χ1) is 19.9. The molecule has 214 valence electrons. The zero-order valence-electron chi connectivity index (χ0n) is 24.0. The van der Waals surface area contributed by atoms with Gasteiger partial charge in [-0.2, -0.15) is 5.26 Å². The van der Waals surface area contributed by atoms with Crippen molar-refractivity contribution in [2.45, 2.75) is 52.4 Å². The summed E-state index contributed by atoms with van der Waals surface area (Å²) in [7, 11) is 1.58. The van der Waals surface area contributed by atoms with Crippen LogP contribution in [0.1, 0.15) is 60.8 Å². The van der Waals surface area contributed by atoms with Crippen molar-refractivity contribution in [3.05, 3.63) is 88.3 Å². The number of ether oxygens (including phenoxy) is 5. The number of carbonyl (C=O) groups is 1. The Morgan fingerprint density at radius 3 is 2.59 bits per heavy atom. The fourth-order valence-corrected chi connectivity index (χ4v) is 4.71. The summed E-state index contributed by atoms with van der Waals surface area (Å²) in [6.45, 7) is 6.43. The Morgan fingerprint density at radius 2 is 1.83 bits per heavy atom. The molecule has 8 heteroatoms. The monoisotopic (exact) mass is 556 g/mol. The molecule has 3 aromatic rings. The molecule has 1 unspecified atom stereocenters. The summed E-state index contributed by atoms with van der Waals surface area (Å²) in [4.78, 5) is 12.5. The van der Waals surface area contributed by atoms with E-state index in [0.717, 1.165) is 36.0 Å². The van der Waals surface area contributed by atoms with Crippen LogP contribution in [0.3, 0.4) is 0 Å². The van der Waals surface area contributed by atoms with Crippen molar-refractivity contribution in [3.8, 4) is 34.8 Å². The number of aryl methyl sites for hydroxylation is 1. The Kier molecular flexibility index (Phi) is 9.75. The molecular formula is C33H36N2O6. The van der Waals surface area contributed by atoms with E-state index in [1.807, 2.05) is 50.2 Å². The van der Waals surface area contributed by atoms with Crippen LogP contribution >= 0.6 is 0 Å². The molecular weight excluding hydrogens is 520 g/mol. The number of carbonyl (C=O) groups excluding carboxylic acids is 1. The molecule has 0 saturated heterocycles. The third kappa shape index (κ3) is 6.93. The van der Waals surface area contributed by atoms with Crippen LogP contribution in [0.5, 0.6) is 28.7 Å². The van der Waals surface area contributed by atoms with E-state index in [9.17, 15) is 10.1 Å². The van der Waals surface area contributed by atoms with Gasteiger partial charge in [-0.15, -0.1) is 0 Å². The molecule has 0 spiro atoms. The lowest BCUT2D eigenvalue weighted by atomic mass is 9.83. The quantitative estimate of drug-likeness (QED) is 0.153. The van der Waals surface area contributed by atoms with Gasteiger partial charge in [0.25, 0.3) is 0 Å². The van der Waals surface area contributed by atoms with Crippen LogP contribution in [0, 0.1) is 25.2 Å². The maximum absolute atomic E-state index is 12.5. The van der Waals surface area contributed by atoms with E-state index >= 15 is 0 Å². The molecule has 0 bridgehead atoms. The number of fused-ring (bicyclic) bond motifs is 1. The smallest absolute Gasteiger partial charge is 0.349 e. The van der Waals surface area contributed by atoms with Gasteiger partial charge in [0, 0.05) is 11.6 Å². The zero-order valence-corrected chi connectivity index (χ0v) is 24.0. The lowest BCUT2D eigenvalue weighted by molar-refractivity contribution is -0.136. The number of hydrogen-bond acceptors (Lipinski definition) is 8. The van der Waals surface area contributed by atoms with Gasteiger partial charge in [-0.3, -0.25) is 0 Å². The minimum Gasteiger partial charge on any atom is -0.493 e. The summed E-state index contributed by atoms with van der Waals surface area (Å²) >= 11 is 0. The standard InChI is InChI=1S/C33H36N2O6/c1-5-6-7-8-16-38-28-15-12-23(17-30(28)37-4)32-25-14-13-24(18-29(25)41-33(35)26(32)19-34)40-31(36)20-39-27-11-9-10-21(2)22(27)3/h9-15,17-18,32H,5-8,16,20,35H2,1-4H3. The second-order valence-electron chi connectivity index (χ2n) is 9.90. The van der Waals surface area contributed by atoms with Crippen LogP contribution in [0.25, 0.3) is 0 Å². The van der Waals surface area contributed by atoms with Crippen LogP contribution in [-0.4, -0.2) is 26.3 Å². The molecule has 0 amide bonds. The number of rotatable bonds is 12. The maximum atomic E-state index is 12.5. The van der Waals surface area contributed by atoms with Crippen molar-refractivity contribution in [1.82, 2.24) is 0 Å². The number of nitriles is 1. The largest absolute Gasteiger partial charge is 0.493 e. The summed E-state index contributed by atoms with van der Waals surface area (Å²) in [6.07, 6.45) is 4.42. The normalized spacial score (nSPS) is 14.0. The average Bonchev–Trinajstić information content (AvgIpc) is 2.97. The fourth-order valence-electron chi connectivity index (χ4n) is 4.71. The van der Waals surface area contributed by atoms with Crippen LogP contribution in [0.4, 0.5) is 0 Å². The fraction of sp³-hybridized carbons (Fsp3) is 0.333. The van der Waals surface area contributed by atoms with E-state index < -0.39 is 11.9 Å². The van der Waals surface area contributed by atoms with Gasteiger partial charge in [0.05, 0.1) is 19.6 Å². The Hall–Kier alpha value is -4.64. The minimum atomic E-state index is -0.561. The number of allylic oxidation sites excluding steroid dienone is 1. The molecule has 1 aliphatic rings. The highest BCUT2D eigenvalue weighted by Gasteiger charge is 2.32. The van der Waals surface area contributed by atoms with Gasteiger partial charge < -0.3 is 29.4 Å². The van der Waals surface area contributed by atoms with E-state index in [1.165, 1.54) is 6.42 Å². The van der Waals surface area contributed by atoms with E-state index in [1.54, 1.807) is 25.3 Å².